The van der Waals surface area contributed by atoms with Crippen LogP contribution in [-0.4, -0.2) is 30.6 Å². The van der Waals surface area contributed by atoms with E-state index >= 15 is 0 Å². The fourth-order valence-electron chi connectivity index (χ4n) is 2.72. The van der Waals surface area contributed by atoms with E-state index in [1.165, 1.54) is 0 Å². The third-order valence-corrected chi connectivity index (χ3v) is 3.89. The van der Waals surface area contributed by atoms with E-state index in [4.69, 9.17) is 4.74 Å². The first-order valence-electron chi connectivity index (χ1n) is 7.57. The Kier molecular flexibility index (Phi) is 5.78. The number of carbonyl (C=O) groups is 3. The summed E-state index contributed by atoms with van der Waals surface area (Å²) in [6.07, 6.45) is 10.3. The number of carbonyl (C=O) groups excluding carboxylic acids is 3. The molecule has 0 aliphatic heterocycles. The third-order valence-electron chi connectivity index (χ3n) is 3.89. The van der Waals surface area contributed by atoms with Gasteiger partial charge in [0.25, 0.3) is 5.91 Å². The molecule has 0 bridgehead atoms. The number of ether oxygens (including phenoxy) is 1. The Balaban J connectivity index is 1.63. The van der Waals surface area contributed by atoms with Gasteiger partial charge in [0, 0.05) is 6.04 Å². The van der Waals surface area contributed by atoms with Crippen molar-refractivity contribution < 1.29 is 19.1 Å². The van der Waals surface area contributed by atoms with E-state index in [1.807, 2.05) is 12.2 Å². The summed E-state index contributed by atoms with van der Waals surface area (Å²) in [7, 11) is 0. The predicted molar refractivity (Wildman–Crippen MR) is 76.4 cm³/mol. The van der Waals surface area contributed by atoms with Crippen molar-refractivity contribution in [2.75, 3.05) is 6.61 Å². The van der Waals surface area contributed by atoms with Gasteiger partial charge >= 0.3 is 12.0 Å². The van der Waals surface area contributed by atoms with Gasteiger partial charge < -0.3 is 10.1 Å². The average molecular weight is 294 g/mol. The molecule has 0 saturated heterocycles. The number of rotatable bonds is 4. The molecule has 2 aliphatic carbocycles. The van der Waals surface area contributed by atoms with Crippen molar-refractivity contribution in [3.63, 3.8) is 0 Å². The van der Waals surface area contributed by atoms with Crippen molar-refractivity contribution in [3.8, 4) is 0 Å². The topological polar surface area (TPSA) is 84.5 Å². The van der Waals surface area contributed by atoms with Gasteiger partial charge in [-0.2, -0.15) is 0 Å². The van der Waals surface area contributed by atoms with Crippen molar-refractivity contribution in [1.82, 2.24) is 10.6 Å². The van der Waals surface area contributed by atoms with Crippen LogP contribution in [0.2, 0.25) is 0 Å². The second-order valence-electron chi connectivity index (χ2n) is 5.59. The number of esters is 1. The Hall–Kier alpha value is -1.85. The van der Waals surface area contributed by atoms with Gasteiger partial charge in [-0.15, -0.1) is 0 Å². The summed E-state index contributed by atoms with van der Waals surface area (Å²) in [5, 5.41) is 4.93. The molecule has 6 nitrogen and oxygen atoms in total. The maximum atomic E-state index is 11.7. The SMILES string of the molecule is O=C(COC(=O)[C@H]1CC=CCC1)NC(=O)NC1CCCC1. The lowest BCUT2D eigenvalue weighted by atomic mass is 9.95. The highest BCUT2D eigenvalue weighted by atomic mass is 16.5. The molecule has 2 N–H and O–H groups in total. The zero-order valence-corrected chi connectivity index (χ0v) is 12.1. The van der Waals surface area contributed by atoms with Crippen LogP contribution in [0, 0.1) is 5.92 Å². The van der Waals surface area contributed by atoms with Gasteiger partial charge in [-0.3, -0.25) is 14.9 Å². The maximum Gasteiger partial charge on any atom is 0.321 e. The van der Waals surface area contributed by atoms with Gasteiger partial charge in [-0.05, 0) is 32.1 Å². The number of amides is 3. The summed E-state index contributed by atoms with van der Waals surface area (Å²) >= 11 is 0. The number of hydrogen-bond acceptors (Lipinski definition) is 4. The molecule has 0 heterocycles. The molecule has 0 unspecified atom stereocenters. The highest BCUT2D eigenvalue weighted by Crippen LogP contribution is 2.19. The molecule has 116 valence electrons. The highest BCUT2D eigenvalue weighted by molar-refractivity contribution is 5.95. The summed E-state index contributed by atoms with van der Waals surface area (Å²) < 4.78 is 4.95. The summed E-state index contributed by atoms with van der Waals surface area (Å²) in [5.74, 6) is -1.13. The van der Waals surface area contributed by atoms with Crippen molar-refractivity contribution in [2.24, 2.45) is 5.92 Å². The molecule has 1 fully saturated rings. The van der Waals surface area contributed by atoms with Crippen LogP contribution in [0.4, 0.5) is 4.79 Å². The first-order valence-corrected chi connectivity index (χ1v) is 7.57. The Morgan fingerprint density at radius 2 is 1.86 bits per heavy atom. The average Bonchev–Trinajstić information content (AvgIpc) is 2.98. The van der Waals surface area contributed by atoms with E-state index < -0.39 is 18.5 Å². The zero-order chi connectivity index (χ0) is 15.1. The minimum absolute atomic E-state index is 0.148. The lowest BCUT2D eigenvalue weighted by molar-refractivity contribution is -0.152. The predicted octanol–water partition coefficient (Wildman–Crippen LogP) is 1.65. The monoisotopic (exact) mass is 294 g/mol. The van der Waals surface area contributed by atoms with E-state index in [0.717, 1.165) is 38.5 Å². The highest BCUT2D eigenvalue weighted by Gasteiger charge is 2.22. The van der Waals surface area contributed by atoms with Gasteiger partial charge in [0.05, 0.1) is 5.92 Å². The fourth-order valence-corrected chi connectivity index (χ4v) is 2.72. The Morgan fingerprint density at radius 1 is 1.10 bits per heavy atom. The Morgan fingerprint density at radius 3 is 2.52 bits per heavy atom. The number of nitrogens with one attached hydrogen (secondary N) is 2. The third kappa shape index (κ3) is 5.21. The van der Waals surface area contributed by atoms with Crippen molar-refractivity contribution in [2.45, 2.75) is 51.0 Å². The molecule has 0 aromatic heterocycles. The van der Waals surface area contributed by atoms with Crippen LogP contribution < -0.4 is 10.6 Å². The van der Waals surface area contributed by atoms with Gasteiger partial charge in [-0.1, -0.05) is 25.0 Å². The molecule has 0 spiro atoms. The lowest BCUT2D eigenvalue weighted by Crippen LogP contribution is -2.45. The maximum absolute atomic E-state index is 11.7. The van der Waals surface area contributed by atoms with Crippen LogP contribution >= 0.6 is 0 Å². The standard InChI is InChI=1S/C15H22N2O4/c18-13(17-15(20)16-12-8-4-5-9-12)10-21-14(19)11-6-2-1-3-7-11/h1-2,11-12H,3-10H2,(H2,16,17,18,20)/t11-/m0/s1. The van der Waals surface area contributed by atoms with Gasteiger partial charge in [-0.25, -0.2) is 4.79 Å². The van der Waals surface area contributed by atoms with Crippen molar-refractivity contribution in [3.05, 3.63) is 12.2 Å². The molecule has 0 radical (unpaired) electrons. The fraction of sp³-hybridized carbons (Fsp3) is 0.667. The number of urea groups is 1. The molecule has 0 aromatic carbocycles. The first kappa shape index (κ1) is 15.5. The molecule has 2 rings (SSSR count). The molecular weight excluding hydrogens is 272 g/mol. The second-order valence-corrected chi connectivity index (χ2v) is 5.59. The molecule has 2 aliphatic rings. The quantitative estimate of drug-likeness (QED) is 0.610. The van der Waals surface area contributed by atoms with E-state index in [9.17, 15) is 14.4 Å². The molecule has 1 atom stereocenters. The molecule has 3 amide bonds. The molecule has 1 saturated carbocycles. The van der Waals surface area contributed by atoms with Crippen LogP contribution in [0.15, 0.2) is 12.2 Å². The van der Waals surface area contributed by atoms with Crippen LogP contribution in [0.1, 0.15) is 44.9 Å². The van der Waals surface area contributed by atoms with Crippen molar-refractivity contribution >= 4 is 17.9 Å². The van der Waals surface area contributed by atoms with Gasteiger partial charge in [0.1, 0.15) is 0 Å². The number of imide groups is 1. The Bertz CT molecular complexity index is 427. The first-order chi connectivity index (χ1) is 10.1. The van der Waals surface area contributed by atoms with Crippen LogP contribution in [-0.2, 0) is 14.3 Å². The van der Waals surface area contributed by atoms with Crippen LogP contribution in [0.25, 0.3) is 0 Å². The summed E-state index contributed by atoms with van der Waals surface area (Å²) in [6.45, 7) is -0.406. The smallest absolute Gasteiger partial charge is 0.321 e. The van der Waals surface area contributed by atoms with E-state index in [0.29, 0.717) is 6.42 Å². The largest absolute Gasteiger partial charge is 0.455 e. The zero-order valence-electron chi connectivity index (χ0n) is 12.1. The molecule has 6 heteroatoms. The van der Waals surface area contributed by atoms with Gasteiger partial charge in [0.15, 0.2) is 6.61 Å². The molecule has 21 heavy (non-hydrogen) atoms. The normalized spacial score (nSPS) is 21.8. The molecular formula is C15H22N2O4. The van der Waals surface area contributed by atoms with E-state index in [1.54, 1.807) is 0 Å². The summed E-state index contributed by atoms with van der Waals surface area (Å²) in [5.41, 5.74) is 0. The van der Waals surface area contributed by atoms with Crippen LogP contribution in [0.3, 0.4) is 0 Å². The number of allylic oxidation sites excluding steroid dienone is 2. The van der Waals surface area contributed by atoms with E-state index in [2.05, 4.69) is 10.6 Å². The molecule has 0 aromatic rings. The summed E-state index contributed by atoms with van der Waals surface area (Å²) in [4.78, 5) is 34.8. The van der Waals surface area contributed by atoms with E-state index in [-0.39, 0.29) is 17.9 Å². The minimum Gasteiger partial charge on any atom is -0.455 e. The Labute approximate surface area is 124 Å². The second kappa shape index (κ2) is 7.81. The van der Waals surface area contributed by atoms with Crippen molar-refractivity contribution in [1.29, 1.82) is 0 Å². The minimum atomic E-state index is -0.592. The van der Waals surface area contributed by atoms with Gasteiger partial charge in [0.2, 0.25) is 0 Å². The summed E-state index contributed by atoms with van der Waals surface area (Å²) in [6, 6.07) is -0.363. The lowest BCUT2D eigenvalue weighted by Gasteiger charge is -2.16. The van der Waals surface area contributed by atoms with Crippen LogP contribution in [0.5, 0.6) is 0 Å². The number of hydrogen-bond donors (Lipinski definition) is 2.